The van der Waals surface area contributed by atoms with Gasteiger partial charge in [0, 0.05) is 11.6 Å². The number of hydrogen-bond acceptors (Lipinski definition) is 3. The maximum absolute atomic E-state index is 10.7. The van der Waals surface area contributed by atoms with Crippen molar-refractivity contribution < 1.29 is 9.84 Å². The van der Waals surface area contributed by atoms with Crippen molar-refractivity contribution in [2.45, 2.75) is 31.8 Å². The number of ether oxygens (including phenoxy) is 1. The number of hydrogen-bond donors (Lipinski definition) is 1. The van der Waals surface area contributed by atoms with Crippen LogP contribution in [0.2, 0.25) is 0 Å². The molecule has 2 heterocycles. The van der Waals surface area contributed by atoms with E-state index in [2.05, 4.69) is 11.1 Å². The van der Waals surface area contributed by atoms with Gasteiger partial charge in [0.15, 0.2) is 0 Å². The van der Waals surface area contributed by atoms with Crippen LogP contribution in [0.3, 0.4) is 0 Å². The zero-order chi connectivity index (χ0) is 12.4. The fraction of sp³-hybridized carbons (Fsp3) is 0.533. The van der Waals surface area contributed by atoms with Gasteiger partial charge in [-0.25, -0.2) is 0 Å². The van der Waals surface area contributed by atoms with Crippen LogP contribution in [-0.2, 0) is 4.74 Å². The number of aliphatic hydroxyl groups is 1. The van der Waals surface area contributed by atoms with E-state index in [0.717, 1.165) is 31.6 Å². The molecule has 3 nitrogen and oxygen atoms in total. The van der Waals surface area contributed by atoms with E-state index in [1.807, 2.05) is 18.2 Å². The lowest BCUT2D eigenvalue weighted by molar-refractivity contribution is -0.0247. The molecule has 3 heteroatoms. The van der Waals surface area contributed by atoms with Crippen LogP contribution in [0.4, 0.5) is 0 Å². The van der Waals surface area contributed by atoms with Crippen LogP contribution in [0, 0.1) is 5.41 Å². The molecule has 3 rings (SSSR count). The van der Waals surface area contributed by atoms with Crippen LogP contribution >= 0.6 is 0 Å². The summed E-state index contributed by atoms with van der Waals surface area (Å²) in [6.07, 6.45) is 7.74. The summed E-state index contributed by atoms with van der Waals surface area (Å²) in [7, 11) is 0. The van der Waals surface area contributed by atoms with E-state index in [1.54, 1.807) is 6.20 Å². The third-order valence-corrected chi connectivity index (χ3v) is 4.29. The van der Waals surface area contributed by atoms with Gasteiger partial charge in [0.05, 0.1) is 18.9 Å². The topological polar surface area (TPSA) is 42.4 Å². The second kappa shape index (κ2) is 4.82. The van der Waals surface area contributed by atoms with Gasteiger partial charge in [-0.15, -0.1) is 0 Å². The SMILES string of the molecule is OC(c1ccccn1)C1(C2=CCCOC2)CCC1. The maximum atomic E-state index is 10.7. The molecule has 1 aliphatic heterocycles. The van der Waals surface area contributed by atoms with Gasteiger partial charge in [-0.3, -0.25) is 4.98 Å². The Kier molecular flexibility index (Phi) is 3.18. The standard InChI is InChI=1S/C15H19NO2/c17-14(13-6-1-2-9-16-13)15(7-4-8-15)12-5-3-10-18-11-12/h1-2,5-6,9,14,17H,3-4,7-8,10-11H2. The van der Waals surface area contributed by atoms with E-state index < -0.39 is 6.10 Å². The lowest BCUT2D eigenvalue weighted by atomic mass is 9.59. The van der Waals surface area contributed by atoms with Gasteiger partial charge in [0.2, 0.25) is 0 Å². The van der Waals surface area contributed by atoms with Crippen molar-refractivity contribution in [2.75, 3.05) is 13.2 Å². The molecule has 1 unspecified atom stereocenters. The minimum absolute atomic E-state index is 0.116. The molecule has 0 bridgehead atoms. The summed E-state index contributed by atoms with van der Waals surface area (Å²) in [6, 6.07) is 5.73. The number of pyridine rings is 1. The minimum atomic E-state index is -0.500. The monoisotopic (exact) mass is 245 g/mol. The number of aliphatic hydroxyl groups excluding tert-OH is 1. The van der Waals surface area contributed by atoms with Crippen LogP contribution in [-0.4, -0.2) is 23.3 Å². The first-order valence-electron chi connectivity index (χ1n) is 6.69. The van der Waals surface area contributed by atoms with Crippen molar-refractivity contribution in [3.05, 3.63) is 41.7 Å². The molecule has 1 atom stereocenters. The Balaban J connectivity index is 1.89. The van der Waals surface area contributed by atoms with Crippen molar-refractivity contribution in [3.63, 3.8) is 0 Å². The molecule has 96 valence electrons. The average Bonchev–Trinajstić information content (AvgIpc) is 2.40. The van der Waals surface area contributed by atoms with Crippen molar-refractivity contribution in [1.29, 1.82) is 0 Å². The Labute approximate surface area is 108 Å². The zero-order valence-electron chi connectivity index (χ0n) is 10.5. The molecule has 18 heavy (non-hydrogen) atoms. The van der Waals surface area contributed by atoms with Gasteiger partial charge in [-0.1, -0.05) is 18.6 Å². The van der Waals surface area contributed by atoms with E-state index in [4.69, 9.17) is 4.74 Å². The normalized spacial score (nSPS) is 23.9. The molecule has 0 saturated heterocycles. The number of aromatic nitrogens is 1. The smallest absolute Gasteiger partial charge is 0.105 e. The Morgan fingerprint density at radius 1 is 1.33 bits per heavy atom. The highest BCUT2D eigenvalue weighted by Gasteiger charge is 2.47. The van der Waals surface area contributed by atoms with Gasteiger partial charge in [-0.05, 0) is 37.0 Å². The summed E-state index contributed by atoms with van der Waals surface area (Å²) in [6.45, 7) is 1.48. The summed E-state index contributed by atoms with van der Waals surface area (Å²) >= 11 is 0. The van der Waals surface area contributed by atoms with E-state index in [-0.39, 0.29) is 5.41 Å². The summed E-state index contributed by atoms with van der Waals surface area (Å²) in [5, 5.41) is 10.7. The molecule has 1 fully saturated rings. The molecule has 1 saturated carbocycles. The molecule has 1 N–H and O–H groups in total. The highest BCUT2D eigenvalue weighted by molar-refractivity contribution is 5.26. The van der Waals surface area contributed by atoms with Gasteiger partial charge in [0.25, 0.3) is 0 Å². The van der Waals surface area contributed by atoms with Crippen molar-refractivity contribution in [1.82, 2.24) is 4.98 Å². The average molecular weight is 245 g/mol. The molecule has 2 aliphatic rings. The van der Waals surface area contributed by atoms with Gasteiger partial charge >= 0.3 is 0 Å². The minimum Gasteiger partial charge on any atom is -0.386 e. The predicted octanol–water partition coefficient (Wildman–Crippen LogP) is 2.63. The molecule has 0 radical (unpaired) electrons. The van der Waals surface area contributed by atoms with Crippen molar-refractivity contribution >= 4 is 0 Å². The first-order valence-corrected chi connectivity index (χ1v) is 6.69. The second-order valence-electron chi connectivity index (χ2n) is 5.24. The Hall–Kier alpha value is -1.19. The lowest BCUT2D eigenvalue weighted by Crippen LogP contribution is -2.40. The van der Waals surface area contributed by atoms with Crippen molar-refractivity contribution in [2.24, 2.45) is 5.41 Å². The molecular formula is C15H19NO2. The van der Waals surface area contributed by atoms with Crippen LogP contribution < -0.4 is 0 Å². The maximum Gasteiger partial charge on any atom is 0.105 e. The molecular weight excluding hydrogens is 226 g/mol. The molecule has 0 aromatic carbocycles. The zero-order valence-corrected chi connectivity index (χ0v) is 10.5. The van der Waals surface area contributed by atoms with Gasteiger partial charge < -0.3 is 9.84 Å². The summed E-state index contributed by atoms with van der Waals surface area (Å²) in [4.78, 5) is 4.30. The van der Waals surface area contributed by atoms with Crippen LogP contribution in [0.1, 0.15) is 37.5 Å². The highest BCUT2D eigenvalue weighted by atomic mass is 16.5. The van der Waals surface area contributed by atoms with Crippen LogP contribution in [0.15, 0.2) is 36.0 Å². The largest absolute Gasteiger partial charge is 0.386 e. The molecule has 0 amide bonds. The first kappa shape index (κ1) is 11.9. The highest BCUT2D eigenvalue weighted by Crippen LogP contribution is 2.55. The molecule has 1 aliphatic carbocycles. The number of rotatable bonds is 3. The molecule has 0 spiro atoms. The van der Waals surface area contributed by atoms with Gasteiger partial charge in [-0.2, -0.15) is 0 Å². The third kappa shape index (κ3) is 1.88. The van der Waals surface area contributed by atoms with Crippen LogP contribution in [0.5, 0.6) is 0 Å². The summed E-state index contributed by atoms with van der Waals surface area (Å²) < 4.78 is 5.55. The Morgan fingerprint density at radius 3 is 2.78 bits per heavy atom. The first-order chi connectivity index (χ1) is 8.83. The molecule has 1 aromatic heterocycles. The van der Waals surface area contributed by atoms with Gasteiger partial charge in [0.1, 0.15) is 6.10 Å². The van der Waals surface area contributed by atoms with E-state index in [0.29, 0.717) is 6.61 Å². The van der Waals surface area contributed by atoms with Crippen LogP contribution in [0.25, 0.3) is 0 Å². The number of nitrogens with zero attached hydrogens (tertiary/aromatic N) is 1. The summed E-state index contributed by atoms with van der Waals surface area (Å²) in [5.74, 6) is 0. The third-order valence-electron chi connectivity index (χ3n) is 4.29. The lowest BCUT2D eigenvalue weighted by Gasteiger charge is -2.47. The predicted molar refractivity (Wildman–Crippen MR) is 69.0 cm³/mol. The summed E-state index contributed by atoms with van der Waals surface area (Å²) in [5.41, 5.74) is 1.94. The second-order valence-corrected chi connectivity index (χ2v) is 5.24. The Bertz CT molecular complexity index is 437. The Morgan fingerprint density at radius 2 is 2.22 bits per heavy atom. The fourth-order valence-corrected chi connectivity index (χ4v) is 3.05. The van der Waals surface area contributed by atoms with E-state index >= 15 is 0 Å². The van der Waals surface area contributed by atoms with Crippen molar-refractivity contribution in [3.8, 4) is 0 Å². The quantitative estimate of drug-likeness (QED) is 0.832. The van der Waals surface area contributed by atoms with E-state index in [1.165, 1.54) is 12.0 Å². The fourth-order valence-electron chi connectivity index (χ4n) is 3.05. The van der Waals surface area contributed by atoms with E-state index in [9.17, 15) is 5.11 Å². The molecule has 1 aromatic rings.